The van der Waals surface area contributed by atoms with Crippen LogP contribution in [-0.4, -0.2) is 6.18 Å². The Morgan fingerprint density at radius 1 is 0.400 bits per heavy atom. The van der Waals surface area contributed by atoms with E-state index in [1.807, 2.05) is 0 Å². The van der Waals surface area contributed by atoms with Crippen molar-refractivity contribution in [3.05, 3.63) is 131 Å². The summed E-state index contributed by atoms with van der Waals surface area (Å²) in [6.45, 7) is 0. The molecule has 0 unspecified atom stereocenters. The number of nitrogen functional groups attached to an aromatic ring is 4. The molecule has 5 rings (SSSR count). The number of alkyl halides is 6. The summed E-state index contributed by atoms with van der Waals surface area (Å²) in [6.07, 6.45) is -10.00. The van der Waals surface area contributed by atoms with E-state index in [1.54, 1.807) is 0 Å². The van der Waals surface area contributed by atoms with Gasteiger partial charge in [0.1, 0.15) is 28.4 Å². The molecule has 0 aromatic heterocycles. The van der Waals surface area contributed by atoms with E-state index in [-0.39, 0.29) is 45.5 Å². The summed E-state index contributed by atoms with van der Waals surface area (Å²) in [5.74, 6) is 0.893. The van der Waals surface area contributed by atoms with Gasteiger partial charge in [-0.15, -0.1) is 0 Å². The van der Waals surface area contributed by atoms with Crippen LogP contribution < -0.4 is 32.4 Å². The van der Waals surface area contributed by atoms with E-state index in [9.17, 15) is 13.2 Å². The van der Waals surface area contributed by atoms with Gasteiger partial charge in [-0.25, -0.2) is 0 Å². The normalized spacial score (nSPS) is 12.1. The third kappa shape index (κ3) is 6.12. The SMILES string of the molecule is Nc1ccc(Oc2ccc(C(c3ccc(Oc4ccc(N)c(N)c4)cc3)(c3cccc(C(F)(F)F)c3)C(F)(F)F)cc2)cc1N. The number of benzene rings is 5. The molecule has 0 aliphatic carbocycles. The molecule has 45 heavy (non-hydrogen) atoms. The zero-order valence-corrected chi connectivity index (χ0v) is 23.3. The van der Waals surface area contributed by atoms with Crippen LogP contribution in [0.3, 0.4) is 0 Å². The lowest BCUT2D eigenvalue weighted by Gasteiger charge is -2.38. The predicted molar refractivity (Wildman–Crippen MR) is 161 cm³/mol. The van der Waals surface area contributed by atoms with Gasteiger partial charge in [-0.1, -0.05) is 42.5 Å². The first kappa shape index (κ1) is 30.9. The highest BCUT2D eigenvalue weighted by atomic mass is 19.4. The van der Waals surface area contributed by atoms with E-state index in [0.29, 0.717) is 17.4 Å². The zero-order valence-electron chi connectivity index (χ0n) is 23.3. The molecule has 232 valence electrons. The molecule has 12 heteroatoms. The molecule has 0 atom stereocenters. The van der Waals surface area contributed by atoms with Crippen LogP contribution in [0.5, 0.6) is 23.0 Å². The number of anilines is 4. The molecule has 0 fully saturated rings. The quantitative estimate of drug-likeness (QED) is 0.0818. The number of hydrogen-bond acceptors (Lipinski definition) is 6. The lowest BCUT2D eigenvalue weighted by molar-refractivity contribution is -0.167. The van der Waals surface area contributed by atoms with Crippen LogP contribution in [-0.2, 0) is 11.6 Å². The van der Waals surface area contributed by atoms with Crippen LogP contribution in [0.2, 0.25) is 0 Å². The Bertz CT molecular complexity index is 1730. The molecule has 5 aromatic carbocycles. The van der Waals surface area contributed by atoms with Crippen molar-refractivity contribution in [1.82, 2.24) is 0 Å². The van der Waals surface area contributed by atoms with Crippen LogP contribution >= 0.6 is 0 Å². The highest BCUT2D eigenvalue weighted by Gasteiger charge is 2.58. The Balaban J connectivity index is 1.62. The van der Waals surface area contributed by atoms with Gasteiger partial charge in [-0.3, -0.25) is 0 Å². The second-order valence-corrected chi connectivity index (χ2v) is 10.2. The van der Waals surface area contributed by atoms with E-state index < -0.39 is 28.9 Å². The van der Waals surface area contributed by atoms with Gasteiger partial charge in [0.05, 0.1) is 28.3 Å². The molecule has 0 heterocycles. The first-order valence-corrected chi connectivity index (χ1v) is 13.3. The molecule has 0 aliphatic heterocycles. The summed E-state index contributed by atoms with van der Waals surface area (Å²) in [5, 5.41) is 0. The molecule has 6 nitrogen and oxygen atoms in total. The first-order chi connectivity index (χ1) is 21.2. The zero-order chi connectivity index (χ0) is 32.6. The number of ether oxygens (including phenoxy) is 2. The second-order valence-electron chi connectivity index (χ2n) is 10.2. The Labute approximate surface area is 253 Å². The van der Waals surface area contributed by atoms with Gasteiger partial charge in [-0.05, 0) is 71.3 Å². The number of rotatable bonds is 7. The van der Waals surface area contributed by atoms with E-state index in [4.69, 9.17) is 32.4 Å². The second kappa shape index (κ2) is 11.5. The monoisotopic (exact) mass is 624 g/mol. The number of hydrogen-bond donors (Lipinski definition) is 4. The highest BCUT2D eigenvalue weighted by molar-refractivity contribution is 5.66. The van der Waals surface area contributed by atoms with Crippen molar-refractivity contribution in [2.45, 2.75) is 17.8 Å². The van der Waals surface area contributed by atoms with Crippen LogP contribution in [0.15, 0.2) is 109 Å². The molecule has 0 radical (unpaired) electrons. The van der Waals surface area contributed by atoms with Crippen molar-refractivity contribution in [3.8, 4) is 23.0 Å². The predicted octanol–water partition coefficient (Wildman–Crippen LogP) is 8.52. The third-order valence-corrected chi connectivity index (χ3v) is 7.21. The van der Waals surface area contributed by atoms with Crippen LogP contribution in [0, 0.1) is 0 Å². The maximum atomic E-state index is 15.5. The molecule has 0 saturated carbocycles. The number of halogens is 6. The van der Waals surface area contributed by atoms with Gasteiger partial charge in [0.15, 0.2) is 0 Å². The standard InChI is InChI=1S/C33H26F6N4O2/c34-32(35,36)22-3-1-2-21(16-22)31(33(37,38)39,19-4-8-23(9-5-19)44-25-12-14-27(40)29(42)17-25)20-6-10-24(11-7-20)45-26-13-15-28(41)30(43)18-26/h1-18H,40-43H2. The Hall–Kier alpha value is -5.52. The number of nitrogens with two attached hydrogens (primary N) is 4. The summed E-state index contributed by atoms with van der Waals surface area (Å²) in [7, 11) is 0. The van der Waals surface area contributed by atoms with Crippen LogP contribution in [0.1, 0.15) is 22.3 Å². The average Bonchev–Trinajstić information content (AvgIpc) is 2.98. The fourth-order valence-electron chi connectivity index (χ4n) is 4.97. The summed E-state index contributed by atoms with van der Waals surface area (Å²) < 4.78 is 99.2. The molecular formula is C33H26F6N4O2. The summed E-state index contributed by atoms with van der Waals surface area (Å²) >= 11 is 0. The van der Waals surface area contributed by atoms with Gasteiger partial charge in [0.25, 0.3) is 0 Å². The van der Waals surface area contributed by atoms with E-state index in [2.05, 4.69) is 0 Å². The molecule has 0 spiro atoms. The molecule has 0 amide bonds. The van der Waals surface area contributed by atoms with E-state index >= 15 is 13.2 Å². The van der Waals surface area contributed by atoms with E-state index in [0.717, 1.165) is 42.5 Å². The summed E-state index contributed by atoms with van der Waals surface area (Å²) in [5.41, 5.74) is 18.6. The fourth-order valence-corrected chi connectivity index (χ4v) is 4.97. The maximum absolute atomic E-state index is 15.5. The molecule has 0 saturated heterocycles. The van der Waals surface area contributed by atoms with Crippen LogP contribution in [0.25, 0.3) is 0 Å². The fraction of sp³-hybridized carbons (Fsp3) is 0.0909. The lowest BCUT2D eigenvalue weighted by atomic mass is 9.68. The van der Waals surface area contributed by atoms with Gasteiger partial charge < -0.3 is 32.4 Å². The molecule has 8 N–H and O–H groups in total. The van der Waals surface area contributed by atoms with Crippen molar-refractivity contribution >= 4 is 22.7 Å². The minimum atomic E-state index is -5.11. The maximum Gasteiger partial charge on any atom is 0.416 e. The lowest BCUT2D eigenvalue weighted by Crippen LogP contribution is -2.44. The smallest absolute Gasteiger partial charge is 0.416 e. The van der Waals surface area contributed by atoms with Gasteiger partial charge >= 0.3 is 12.4 Å². The van der Waals surface area contributed by atoms with Gasteiger partial charge in [-0.2, -0.15) is 26.3 Å². The van der Waals surface area contributed by atoms with Crippen molar-refractivity contribution in [3.63, 3.8) is 0 Å². The van der Waals surface area contributed by atoms with Crippen LogP contribution in [0.4, 0.5) is 49.1 Å². The van der Waals surface area contributed by atoms with E-state index in [1.165, 1.54) is 60.7 Å². The summed E-state index contributed by atoms with van der Waals surface area (Å²) in [6, 6.07) is 22.0. The van der Waals surface area contributed by atoms with Gasteiger partial charge in [0.2, 0.25) is 0 Å². The largest absolute Gasteiger partial charge is 0.457 e. The minimum absolute atomic E-state index is 0.162. The minimum Gasteiger partial charge on any atom is -0.457 e. The molecule has 5 aromatic rings. The summed E-state index contributed by atoms with van der Waals surface area (Å²) in [4.78, 5) is 0. The Kier molecular flexibility index (Phi) is 7.92. The molecule has 0 bridgehead atoms. The Morgan fingerprint density at radius 3 is 1.18 bits per heavy atom. The van der Waals surface area contributed by atoms with Crippen molar-refractivity contribution in [2.24, 2.45) is 0 Å². The highest BCUT2D eigenvalue weighted by Crippen LogP contribution is 2.52. The van der Waals surface area contributed by atoms with Crippen molar-refractivity contribution in [1.29, 1.82) is 0 Å². The molecule has 0 aliphatic rings. The first-order valence-electron chi connectivity index (χ1n) is 13.3. The average molecular weight is 625 g/mol. The van der Waals surface area contributed by atoms with Crippen molar-refractivity contribution in [2.75, 3.05) is 22.9 Å². The topological polar surface area (TPSA) is 123 Å². The molecular weight excluding hydrogens is 598 g/mol. The van der Waals surface area contributed by atoms with Crippen molar-refractivity contribution < 1.29 is 35.8 Å². The van der Waals surface area contributed by atoms with Gasteiger partial charge in [0, 0.05) is 12.1 Å². The third-order valence-electron chi connectivity index (χ3n) is 7.21. The Morgan fingerprint density at radius 2 is 0.800 bits per heavy atom.